The predicted octanol–water partition coefficient (Wildman–Crippen LogP) is 7.09. The summed E-state index contributed by atoms with van der Waals surface area (Å²) < 4.78 is 38.7. The van der Waals surface area contributed by atoms with Gasteiger partial charge in [0, 0.05) is 18.7 Å². The number of benzene rings is 1. The summed E-state index contributed by atoms with van der Waals surface area (Å²) >= 11 is 0. The fraction of sp³-hybridized carbons (Fsp3) is 0.682. The highest BCUT2D eigenvalue weighted by molar-refractivity contribution is 5.94. The van der Waals surface area contributed by atoms with Crippen LogP contribution in [0.3, 0.4) is 0 Å². The summed E-state index contributed by atoms with van der Waals surface area (Å²) in [4.78, 5) is 14.4. The van der Waals surface area contributed by atoms with Crippen molar-refractivity contribution in [1.82, 2.24) is 4.90 Å². The zero-order chi connectivity index (χ0) is 20.1. The molecule has 1 rings (SSSR count). The molecular formula is C22H34F3NO. The van der Waals surface area contributed by atoms with E-state index in [9.17, 15) is 18.0 Å². The van der Waals surface area contributed by atoms with Crippen LogP contribution in [-0.2, 0) is 6.18 Å². The summed E-state index contributed by atoms with van der Waals surface area (Å²) in [6, 6.07) is 4.76. The molecule has 0 radical (unpaired) electrons. The fourth-order valence-corrected chi connectivity index (χ4v) is 3.11. The van der Waals surface area contributed by atoms with E-state index in [1.54, 1.807) is 4.90 Å². The molecule has 0 aliphatic carbocycles. The van der Waals surface area contributed by atoms with Gasteiger partial charge in [0.1, 0.15) is 0 Å². The van der Waals surface area contributed by atoms with Crippen molar-refractivity contribution in [3.05, 3.63) is 35.4 Å². The lowest BCUT2D eigenvalue weighted by molar-refractivity contribution is -0.137. The first-order valence-corrected chi connectivity index (χ1v) is 10.4. The molecule has 2 nitrogen and oxygen atoms in total. The summed E-state index contributed by atoms with van der Waals surface area (Å²) in [6.07, 6.45) is 6.80. The number of unbranched alkanes of at least 4 members (excludes halogenated alkanes) is 8. The number of hydrogen-bond donors (Lipinski definition) is 0. The molecule has 0 aliphatic rings. The molecule has 0 saturated heterocycles. The maximum Gasteiger partial charge on any atom is 0.416 e. The smallest absolute Gasteiger partial charge is 0.339 e. The van der Waals surface area contributed by atoms with Crippen LogP contribution in [0.1, 0.15) is 94.0 Å². The Balaban J connectivity index is 2.56. The first-order chi connectivity index (χ1) is 12.9. The summed E-state index contributed by atoms with van der Waals surface area (Å²) in [7, 11) is 0. The van der Waals surface area contributed by atoms with E-state index in [4.69, 9.17) is 0 Å². The Labute approximate surface area is 162 Å². The molecule has 1 amide bonds. The standard InChI is InChI=1S/C22H34F3NO/c1-3-5-7-8-9-10-11-12-17-26(16-6-4-2)21(27)19-14-13-15-20(18-19)22(23,24)25/h13-15,18H,3-12,16-17H2,1-2H3. The molecule has 5 heteroatoms. The molecule has 154 valence electrons. The SMILES string of the molecule is CCCCCCCCCCN(CCCC)C(=O)c1cccc(C(F)(F)F)c1. The van der Waals surface area contributed by atoms with Gasteiger partial charge < -0.3 is 4.90 Å². The number of rotatable bonds is 13. The molecule has 0 aromatic heterocycles. The molecule has 0 aliphatic heterocycles. The van der Waals surface area contributed by atoms with Crippen molar-refractivity contribution in [3.8, 4) is 0 Å². The second-order valence-corrected chi connectivity index (χ2v) is 7.20. The fourth-order valence-electron chi connectivity index (χ4n) is 3.11. The van der Waals surface area contributed by atoms with Gasteiger partial charge >= 0.3 is 6.18 Å². The van der Waals surface area contributed by atoms with Crippen molar-refractivity contribution in [1.29, 1.82) is 0 Å². The maximum absolute atomic E-state index is 12.9. The van der Waals surface area contributed by atoms with E-state index in [2.05, 4.69) is 6.92 Å². The van der Waals surface area contributed by atoms with Crippen molar-refractivity contribution < 1.29 is 18.0 Å². The highest BCUT2D eigenvalue weighted by Gasteiger charge is 2.31. The van der Waals surface area contributed by atoms with Gasteiger partial charge in [0.15, 0.2) is 0 Å². The number of halogens is 3. The maximum atomic E-state index is 12.9. The molecule has 0 unspecified atom stereocenters. The molecule has 1 aromatic rings. The number of carbonyl (C=O) groups is 1. The van der Waals surface area contributed by atoms with Crippen LogP contribution in [0.25, 0.3) is 0 Å². The van der Waals surface area contributed by atoms with Gasteiger partial charge in [0.05, 0.1) is 5.56 Å². The average molecular weight is 386 g/mol. The zero-order valence-corrected chi connectivity index (χ0v) is 16.8. The molecular weight excluding hydrogens is 351 g/mol. The van der Waals surface area contributed by atoms with Crippen molar-refractivity contribution in [2.24, 2.45) is 0 Å². The van der Waals surface area contributed by atoms with E-state index in [-0.39, 0.29) is 11.5 Å². The Morgan fingerprint density at radius 3 is 2.00 bits per heavy atom. The molecule has 0 spiro atoms. The molecule has 1 aromatic carbocycles. The number of carbonyl (C=O) groups excluding carboxylic acids is 1. The predicted molar refractivity (Wildman–Crippen MR) is 105 cm³/mol. The highest BCUT2D eigenvalue weighted by atomic mass is 19.4. The van der Waals surface area contributed by atoms with Gasteiger partial charge in [-0.05, 0) is 31.0 Å². The van der Waals surface area contributed by atoms with Gasteiger partial charge in [-0.25, -0.2) is 0 Å². The van der Waals surface area contributed by atoms with Gasteiger partial charge in [-0.15, -0.1) is 0 Å². The summed E-state index contributed by atoms with van der Waals surface area (Å²) in [6.45, 7) is 5.46. The molecule has 27 heavy (non-hydrogen) atoms. The van der Waals surface area contributed by atoms with E-state index < -0.39 is 11.7 Å². The van der Waals surface area contributed by atoms with Crippen LogP contribution in [0.2, 0.25) is 0 Å². The summed E-state index contributed by atoms with van der Waals surface area (Å²) in [5.74, 6) is -0.294. The average Bonchev–Trinajstić information content (AvgIpc) is 2.65. The van der Waals surface area contributed by atoms with E-state index >= 15 is 0 Å². The minimum absolute atomic E-state index is 0.125. The Morgan fingerprint density at radius 2 is 1.41 bits per heavy atom. The first kappa shape index (κ1) is 23.5. The molecule has 0 atom stereocenters. The van der Waals surface area contributed by atoms with Crippen molar-refractivity contribution in [2.75, 3.05) is 13.1 Å². The van der Waals surface area contributed by atoms with Gasteiger partial charge in [0.25, 0.3) is 5.91 Å². The van der Waals surface area contributed by atoms with E-state index in [0.29, 0.717) is 13.1 Å². The van der Waals surface area contributed by atoms with Crippen LogP contribution < -0.4 is 0 Å². The highest BCUT2D eigenvalue weighted by Crippen LogP contribution is 2.29. The van der Waals surface area contributed by atoms with Crippen LogP contribution in [0.15, 0.2) is 24.3 Å². The van der Waals surface area contributed by atoms with Crippen LogP contribution in [-0.4, -0.2) is 23.9 Å². The van der Waals surface area contributed by atoms with E-state index in [0.717, 1.165) is 44.2 Å². The number of hydrogen-bond acceptors (Lipinski definition) is 1. The Bertz CT molecular complexity index is 543. The minimum Gasteiger partial charge on any atom is -0.339 e. The number of amides is 1. The zero-order valence-electron chi connectivity index (χ0n) is 16.8. The monoisotopic (exact) mass is 385 g/mol. The number of nitrogens with zero attached hydrogens (tertiary/aromatic N) is 1. The Hall–Kier alpha value is -1.52. The van der Waals surface area contributed by atoms with Crippen LogP contribution in [0.5, 0.6) is 0 Å². The van der Waals surface area contributed by atoms with Gasteiger partial charge in [-0.3, -0.25) is 4.79 Å². The molecule has 0 bridgehead atoms. The second kappa shape index (κ2) is 12.8. The van der Waals surface area contributed by atoms with Crippen molar-refractivity contribution >= 4 is 5.91 Å². The van der Waals surface area contributed by atoms with Gasteiger partial charge in [-0.2, -0.15) is 13.2 Å². The van der Waals surface area contributed by atoms with Gasteiger partial charge in [-0.1, -0.05) is 71.3 Å². The molecule has 0 fully saturated rings. The molecule has 0 N–H and O–H groups in total. The third-order valence-electron chi connectivity index (χ3n) is 4.79. The Kier molecular flexibility index (Phi) is 11.1. The summed E-state index contributed by atoms with van der Waals surface area (Å²) in [5.41, 5.74) is -0.642. The normalized spacial score (nSPS) is 11.6. The van der Waals surface area contributed by atoms with E-state index in [1.807, 2.05) is 6.92 Å². The largest absolute Gasteiger partial charge is 0.416 e. The minimum atomic E-state index is -4.43. The van der Waals surface area contributed by atoms with Crippen molar-refractivity contribution in [3.63, 3.8) is 0 Å². The number of alkyl halides is 3. The lowest BCUT2D eigenvalue weighted by Gasteiger charge is -2.23. The van der Waals surface area contributed by atoms with Crippen molar-refractivity contribution in [2.45, 2.75) is 84.2 Å². The van der Waals surface area contributed by atoms with Crippen LogP contribution >= 0.6 is 0 Å². The van der Waals surface area contributed by atoms with Gasteiger partial charge in [0.2, 0.25) is 0 Å². The molecule has 0 saturated carbocycles. The van der Waals surface area contributed by atoms with Crippen LogP contribution in [0.4, 0.5) is 13.2 Å². The summed E-state index contributed by atoms with van der Waals surface area (Å²) in [5, 5.41) is 0. The lowest BCUT2D eigenvalue weighted by Crippen LogP contribution is -2.33. The lowest BCUT2D eigenvalue weighted by atomic mass is 10.1. The quantitative estimate of drug-likeness (QED) is 0.332. The van der Waals surface area contributed by atoms with Crippen LogP contribution in [0, 0.1) is 0 Å². The van der Waals surface area contributed by atoms with E-state index in [1.165, 1.54) is 44.2 Å². The Morgan fingerprint density at radius 1 is 0.852 bits per heavy atom. The first-order valence-electron chi connectivity index (χ1n) is 10.4. The topological polar surface area (TPSA) is 20.3 Å². The molecule has 0 heterocycles. The third kappa shape index (κ3) is 9.30. The second-order valence-electron chi connectivity index (χ2n) is 7.20. The third-order valence-corrected chi connectivity index (χ3v) is 4.79.